The summed E-state index contributed by atoms with van der Waals surface area (Å²) in [5.74, 6) is 1.33. The lowest BCUT2D eigenvalue weighted by Gasteiger charge is -2.27. The van der Waals surface area contributed by atoms with Gasteiger partial charge in [0.25, 0.3) is 0 Å². The molecule has 2 amide bonds. The van der Waals surface area contributed by atoms with Crippen LogP contribution in [0.4, 0.5) is 10.5 Å². The van der Waals surface area contributed by atoms with Crippen molar-refractivity contribution in [2.75, 3.05) is 18.4 Å². The summed E-state index contributed by atoms with van der Waals surface area (Å²) in [6.07, 6.45) is 0.574. The maximum absolute atomic E-state index is 12.3. The van der Waals surface area contributed by atoms with Gasteiger partial charge in [-0.1, -0.05) is 35.3 Å². The van der Waals surface area contributed by atoms with Gasteiger partial charge in [-0.25, -0.2) is 9.78 Å². The molecule has 1 aliphatic heterocycles. The van der Waals surface area contributed by atoms with Crippen LogP contribution in [0.3, 0.4) is 0 Å². The third-order valence-electron chi connectivity index (χ3n) is 3.48. The summed E-state index contributed by atoms with van der Waals surface area (Å²) in [4.78, 5) is 18.2. The van der Waals surface area contributed by atoms with E-state index in [1.807, 2.05) is 31.2 Å². The Hall–Kier alpha value is -2.05. The molecule has 2 heterocycles. The van der Waals surface area contributed by atoms with E-state index < -0.39 is 0 Å². The van der Waals surface area contributed by atoms with Crippen LogP contribution in [0, 0.1) is 6.92 Å². The van der Waals surface area contributed by atoms with Gasteiger partial charge in [-0.15, -0.1) is 0 Å². The highest BCUT2D eigenvalue weighted by Crippen LogP contribution is 2.25. The summed E-state index contributed by atoms with van der Waals surface area (Å²) in [6.45, 7) is 2.70. The van der Waals surface area contributed by atoms with Gasteiger partial charge in [0.05, 0.1) is 11.6 Å². The third-order valence-corrected chi connectivity index (χ3v) is 4.34. The van der Waals surface area contributed by atoms with Gasteiger partial charge in [0.15, 0.2) is 5.82 Å². The number of anilines is 1. The van der Waals surface area contributed by atoms with Crippen LogP contribution in [0.1, 0.15) is 12.2 Å². The molecule has 1 aliphatic rings. The lowest BCUT2D eigenvalue weighted by atomic mass is 10.2. The van der Waals surface area contributed by atoms with E-state index in [4.69, 9.17) is 23.2 Å². The summed E-state index contributed by atoms with van der Waals surface area (Å²) in [7, 11) is 0. The minimum atomic E-state index is -0.212. The number of benzene rings is 1. The number of nitrogens with one attached hydrogen (secondary N) is 2. The van der Waals surface area contributed by atoms with Gasteiger partial charge in [-0.3, -0.25) is 5.10 Å². The number of halogens is 2. The Labute approximate surface area is 143 Å². The molecule has 1 aromatic heterocycles. The fraction of sp³-hybridized carbons (Fsp3) is 0.267. The first-order valence-corrected chi connectivity index (χ1v) is 7.87. The monoisotopic (exact) mass is 351 g/mol. The maximum Gasteiger partial charge on any atom is 0.322 e. The zero-order chi connectivity index (χ0) is 16.4. The number of amides is 2. The van der Waals surface area contributed by atoms with Gasteiger partial charge in [-0.2, -0.15) is 5.10 Å². The molecule has 1 aromatic carbocycles. The van der Waals surface area contributed by atoms with Crippen molar-refractivity contribution in [3.05, 3.63) is 40.2 Å². The molecule has 120 valence electrons. The van der Waals surface area contributed by atoms with E-state index in [0.29, 0.717) is 41.1 Å². The van der Waals surface area contributed by atoms with E-state index in [9.17, 15) is 4.79 Å². The zero-order valence-corrected chi connectivity index (χ0v) is 13.9. The van der Waals surface area contributed by atoms with E-state index in [-0.39, 0.29) is 6.03 Å². The first kappa shape index (κ1) is 15.8. The Morgan fingerprint density at radius 1 is 1.35 bits per heavy atom. The first-order valence-electron chi connectivity index (χ1n) is 7.11. The molecule has 0 aliphatic carbocycles. The third kappa shape index (κ3) is 3.65. The van der Waals surface area contributed by atoms with Gasteiger partial charge in [0, 0.05) is 29.2 Å². The van der Waals surface area contributed by atoms with Crippen LogP contribution >= 0.6 is 23.2 Å². The molecular formula is C15H15Cl2N5O. The lowest BCUT2D eigenvalue weighted by Crippen LogP contribution is -2.38. The van der Waals surface area contributed by atoms with E-state index >= 15 is 0 Å². The Balaban J connectivity index is 1.72. The molecule has 0 fully saturated rings. The molecule has 8 heteroatoms. The van der Waals surface area contributed by atoms with Crippen LogP contribution in [-0.4, -0.2) is 39.2 Å². The largest absolute Gasteiger partial charge is 0.322 e. The summed E-state index contributed by atoms with van der Waals surface area (Å²) < 4.78 is 0. The number of hydrogen-bond acceptors (Lipinski definition) is 3. The number of carbonyl (C=O) groups is 1. The Kier molecular flexibility index (Phi) is 4.54. The molecular weight excluding hydrogens is 337 g/mol. The van der Waals surface area contributed by atoms with Gasteiger partial charge in [0.1, 0.15) is 5.82 Å². The molecule has 2 N–H and O–H groups in total. The summed E-state index contributed by atoms with van der Waals surface area (Å²) in [6, 6.07) is 7.16. The second kappa shape index (κ2) is 6.60. The van der Waals surface area contributed by atoms with Crippen molar-refractivity contribution >= 4 is 34.9 Å². The number of hydrogen-bond donors (Lipinski definition) is 2. The van der Waals surface area contributed by atoms with Gasteiger partial charge < -0.3 is 10.2 Å². The summed E-state index contributed by atoms with van der Waals surface area (Å²) in [5, 5.41) is 10.9. The number of aromatic amines is 1. The molecule has 0 saturated heterocycles. The highest BCUT2D eigenvalue weighted by molar-refractivity contribution is 6.39. The van der Waals surface area contributed by atoms with Gasteiger partial charge in [-0.05, 0) is 19.1 Å². The SMILES string of the molecule is Cc1nc(-c2cccc(NC(=O)N3CCC(Cl)=C(Cl)C3)c2)n[nH]1. The lowest BCUT2D eigenvalue weighted by molar-refractivity contribution is 0.215. The van der Waals surface area contributed by atoms with Crippen LogP contribution in [0.25, 0.3) is 11.4 Å². The molecule has 0 spiro atoms. The molecule has 3 rings (SSSR count). The number of aryl methyl sites for hydroxylation is 1. The van der Waals surface area contributed by atoms with E-state index in [0.717, 1.165) is 11.4 Å². The predicted molar refractivity (Wildman–Crippen MR) is 90.5 cm³/mol. The fourth-order valence-corrected chi connectivity index (χ4v) is 2.67. The van der Waals surface area contributed by atoms with Crippen molar-refractivity contribution in [3.63, 3.8) is 0 Å². The normalized spacial score (nSPS) is 15.0. The van der Waals surface area contributed by atoms with Crippen LogP contribution in [0.15, 0.2) is 34.3 Å². The standard InChI is InChI=1S/C15H15Cl2N5O/c1-9-18-14(21-20-9)10-3-2-4-11(7-10)19-15(23)22-6-5-12(16)13(17)8-22/h2-4,7H,5-6,8H2,1H3,(H,19,23)(H,18,20,21). The van der Waals surface area contributed by atoms with Crippen molar-refractivity contribution < 1.29 is 4.79 Å². The average molecular weight is 352 g/mol. The topological polar surface area (TPSA) is 73.9 Å². The van der Waals surface area contributed by atoms with Crippen molar-refractivity contribution in [1.29, 1.82) is 0 Å². The quantitative estimate of drug-likeness (QED) is 0.865. The van der Waals surface area contributed by atoms with E-state index in [1.54, 1.807) is 4.90 Å². The van der Waals surface area contributed by atoms with E-state index in [2.05, 4.69) is 20.5 Å². The maximum atomic E-state index is 12.3. The summed E-state index contributed by atoms with van der Waals surface area (Å²) >= 11 is 12.0. The van der Waals surface area contributed by atoms with Crippen molar-refractivity contribution in [1.82, 2.24) is 20.1 Å². The summed E-state index contributed by atoms with van der Waals surface area (Å²) in [5.41, 5.74) is 1.50. The highest BCUT2D eigenvalue weighted by atomic mass is 35.5. The predicted octanol–water partition coefficient (Wildman–Crippen LogP) is 3.71. The molecule has 0 unspecified atom stereocenters. The molecule has 0 bridgehead atoms. The van der Waals surface area contributed by atoms with Crippen LogP contribution in [-0.2, 0) is 0 Å². The van der Waals surface area contributed by atoms with Crippen LogP contribution in [0.2, 0.25) is 0 Å². The van der Waals surface area contributed by atoms with Crippen LogP contribution in [0.5, 0.6) is 0 Å². The number of nitrogens with zero attached hydrogens (tertiary/aromatic N) is 3. The molecule has 0 saturated carbocycles. The van der Waals surface area contributed by atoms with Gasteiger partial charge >= 0.3 is 6.03 Å². The number of carbonyl (C=O) groups excluding carboxylic acids is 1. The Bertz CT molecular complexity index is 771. The number of H-pyrrole nitrogens is 1. The van der Waals surface area contributed by atoms with Gasteiger partial charge in [0.2, 0.25) is 0 Å². The zero-order valence-electron chi connectivity index (χ0n) is 12.4. The molecule has 2 aromatic rings. The number of rotatable bonds is 2. The van der Waals surface area contributed by atoms with Crippen LogP contribution < -0.4 is 5.32 Å². The van der Waals surface area contributed by atoms with Crippen molar-refractivity contribution in [2.45, 2.75) is 13.3 Å². The highest BCUT2D eigenvalue weighted by Gasteiger charge is 2.21. The average Bonchev–Trinajstić information content (AvgIpc) is 2.97. The second-order valence-corrected chi connectivity index (χ2v) is 6.15. The smallest absolute Gasteiger partial charge is 0.319 e. The van der Waals surface area contributed by atoms with Crippen molar-refractivity contribution in [3.8, 4) is 11.4 Å². The van der Waals surface area contributed by atoms with E-state index in [1.165, 1.54) is 0 Å². The molecule has 0 radical (unpaired) electrons. The number of aromatic nitrogens is 3. The minimum absolute atomic E-state index is 0.212. The Morgan fingerprint density at radius 3 is 2.87 bits per heavy atom. The second-order valence-electron chi connectivity index (χ2n) is 5.24. The molecule has 6 nitrogen and oxygen atoms in total. The molecule has 23 heavy (non-hydrogen) atoms. The molecule has 0 atom stereocenters. The fourth-order valence-electron chi connectivity index (χ4n) is 2.28. The Morgan fingerprint density at radius 2 is 2.17 bits per heavy atom. The first-order chi connectivity index (χ1) is 11.0. The minimum Gasteiger partial charge on any atom is -0.319 e. The number of urea groups is 1. The van der Waals surface area contributed by atoms with Crippen molar-refractivity contribution in [2.24, 2.45) is 0 Å².